The standard InChI is InChI=1S/C18H21ClN6O/c1-4-6-21-17(26)18(2,3)25-14-5-7-20-16(24-14)13-10-23-15-12(13)8-11(19)9-22-15/h5,7-10H,4,6H2,1-3H3,(H,21,26)(H,22,23)(H,20,24,25). The summed E-state index contributed by atoms with van der Waals surface area (Å²) in [5.74, 6) is 1.01. The van der Waals surface area contributed by atoms with Gasteiger partial charge in [0.1, 0.15) is 17.0 Å². The molecular formula is C18H21ClN6O. The summed E-state index contributed by atoms with van der Waals surface area (Å²) in [5.41, 5.74) is 0.712. The van der Waals surface area contributed by atoms with Gasteiger partial charge in [0.25, 0.3) is 0 Å². The molecule has 3 N–H and O–H groups in total. The fourth-order valence-corrected chi connectivity index (χ4v) is 2.72. The third kappa shape index (κ3) is 3.77. The van der Waals surface area contributed by atoms with E-state index in [1.807, 2.05) is 26.8 Å². The molecule has 0 aliphatic carbocycles. The molecule has 3 aromatic heterocycles. The number of aromatic nitrogens is 4. The van der Waals surface area contributed by atoms with Crippen molar-refractivity contribution < 1.29 is 4.79 Å². The van der Waals surface area contributed by atoms with Crippen LogP contribution in [0.3, 0.4) is 0 Å². The third-order valence-electron chi connectivity index (χ3n) is 3.94. The van der Waals surface area contributed by atoms with Crippen LogP contribution in [-0.2, 0) is 4.79 Å². The molecule has 0 radical (unpaired) electrons. The molecule has 136 valence electrons. The fourth-order valence-electron chi connectivity index (χ4n) is 2.56. The number of rotatable bonds is 6. The molecule has 0 aliphatic heterocycles. The highest BCUT2D eigenvalue weighted by Gasteiger charge is 2.27. The number of carbonyl (C=O) groups excluding carboxylic acids is 1. The van der Waals surface area contributed by atoms with Gasteiger partial charge in [-0.25, -0.2) is 15.0 Å². The number of halogens is 1. The van der Waals surface area contributed by atoms with Crippen molar-refractivity contribution in [1.82, 2.24) is 25.3 Å². The van der Waals surface area contributed by atoms with E-state index in [0.717, 1.165) is 17.4 Å². The number of aromatic amines is 1. The minimum atomic E-state index is -0.800. The second-order valence-corrected chi connectivity index (χ2v) is 6.96. The number of fused-ring (bicyclic) bond motifs is 1. The maximum absolute atomic E-state index is 12.3. The van der Waals surface area contributed by atoms with Gasteiger partial charge in [-0.1, -0.05) is 18.5 Å². The average molecular weight is 373 g/mol. The lowest BCUT2D eigenvalue weighted by atomic mass is 10.0. The van der Waals surface area contributed by atoms with E-state index in [4.69, 9.17) is 11.6 Å². The van der Waals surface area contributed by atoms with Crippen LogP contribution in [0.4, 0.5) is 5.82 Å². The molecule has 0 aromatic carbocycles. The molecular weight excluding hydrogens is 352 g/mol. The zero-order valence-electron chi connectivity index (χ0n) is 14.9. The maximum Gasteiger partial charge on any atom is 0.245 e. The second-order valence-electron chi connectivity index (χ2n) is 6.52. The number of carbonyl (C=O) groups is 1. The van der Waals surface area contributed by atoms with Crippen LogP contribution >= 0.6 is 11.6 Å². The van der Waals surface area contributed by atoms with E-state index in [1.54, 1.807) is 24.7 Å². The summed E-state index contributed by atoms with van der Waals surface area (Å²) in [4.78, 5) is 28.5. The van der Waals surface area contributed by atoms with Gasteiger partial charge in [-0.15, -0.1) is 0 Å². The minimum Gasteiger partial charge on any atom is -0.356 e. The van der Waals surface area contributed by atoms with Crippen LogP contribution in [0, 0.1) is 0 Å². The van der Waals surface area contributed by atoms with Crippen molar-refractivity contribution in [3.05, 3.63) is 35.7 Å². The van der Waals surface area contributed by atoms with Gasteiger partial charge in [0, 0.05) is 36.1 Å². The number of nitrogens with one attached hydrogen (secondary N) is 3. The quantitative estimate of drug-likeness (QED) is 0.616. The molecule has 7 nitrogen and oxygen atoms in total. The van der Waals surface area contributed by atoms with Crippen LogP contribution in [0.5, 0.6) is 0 Å². The Morgan fingerprint density at radius 2 is 2.15 bits per heavy atom. The summed E-state index contributed by atoms with van der Waals surface area (Å²) in [6.45, 7) is 6.28. The largest absolute Gasteiger partial charge is 0.356 e. The molecule has 8 heteroatoms. The highest BCUT2D eigenvalue weighted by atomic mass is 35.5. The van der Waals surface area contributed by atoms with Gasteiger partial charge in [-0.2, -0.15) is 0 Å². The number of H-pyrrole nitrogens is 1. The lowest BCUT2D eigenvalue weighted by Gasteiger charge is -2.25. The Balaban J connectivity index is 1.88. The number of hydrogen-bond donors (Lipinski definition) is 3. The number of anilines is 1. The van der Waals surface area contributed by atoms with E-state index < -0.39 is 5.54 Å². The van der Waals surface area contributed by atoms with Gasteiger partial charge in [0.2, 0.25) is 5.91 Å². The van der Waals surface area contributed by atoms with E-state index in [0.29, 0.717) is 28.9 Å². The number of pyridine rings is 1. The predicted molar refractivity (Wildman–Crippen MR) is 103 cm³/mol. The van der Waals surface area contributed by atoms with Crippen molar-refractivity contribution in [1.29, 1.82) is 0 Å². The Kier molecular flexibility index (Phi) is 5.08. The summed E-state index contributed by atoms with van der Waals surface area (Å²) in [6.07, 6.45) is 5.92. The summed E-state index contributed by atoms with van der Waals surface area (Å²) in [7, 11) is 0. The first-order valence-corrected chi connectivity index (χ1v) is 8.81. The number of amides is 1. The minimum absolute atomic E-state index is 0.0809. The average Bonchev–Trinajstić information content (AvgIpc) is 3.02. The van der Waals surface area contributed by atoms with E-state index in [2.05, 4.69) is 30.6 Å². The van der Waals surface area contributed by atoms with E-state index in [-0.39, 0.29) is 5.91 Å². The molecule has 0 spiro atoms. The van der Waals surface area contributed by atoms with Crippen LogP contribution in [0.1, 0.15) is 27.2 Å². The summed E-state index contributed by atoms with van der Waals surface area (Å²) in [5, 5.41) is 7.45. The first kappa shape index (κ1) is 18.1. The Bertz CT molecular complexity index is 936. The monoisotopic (exact) mass is 372 g/mol. The molecule has 0 fully saturated rings. The topological polar surface area (TPSA) is 95.6 Å². The SMILES string of the molecule is CCCNC(=O)C(C)(C)Nc1ccnc(-c2c[nH]c3ncc(Cl)cc23)n1. The van der Waals surface area contributed by atoms with E-state index >= 15 is 0 Å². The molecule has 0 saturated carbocycles. The number of nitrogens with zero attached hydrogens (tertiary/aromatic N) is 3. The third-order valence-corrected chi connectivity index (χ3v) is 4.14. The van der Waals surface area contributed by atoms with Gasteiger partial charge in [-0.3, -0.25) is 4.79 Å². The first-order valence-electron chi connectivity index (χ1n) is 8.43. The molecule has 0 aliphatic rings. The van der Waals surface area contributed by atoms with Crippen LogP contribution in [0.2, 0.25) is 5.02 Å². The molecule has 3 aromatic rings. The van der Waals surface area contributed by atoms with Gasteiger partial charge < -0.3 is 15.6 Å². The van der Waals surface area contributed by atoms with Crippen molar-refractivity contribution in [2.24, 2.45) is 0 Å². The molecule has 3 heterocycles. The lowest BCUT2D eigenvalue weighted by molar-refractivity contribution is -0.124. The summed E-state index contributed by atoms with van der Waals surface area (Å²) < 4.78 is 0. The first-order chi connectivity index (χ1) is 12.4. The normalized spacial score (nSPS) is 11.5. The predicted octanol–water partition coefficient (Wildman–Crippen LogP) is 3.39. The van der Waals surface area contributed by atoms with Gasteiger partial charge in [0.05, 0.1) is 5.02 Å². The Hall–Kier alpha value is -2.67. The van der Waals surface area contributed by atoms with E-state index in [9.17, 15) is 4.79 Å². The Morgan fingerprint density at radius 1 is 1.35 bits per heavy atom. The zero-order chi connectivity index (χ0) is 18.7. The van der Waals surface area contributed by atoms with Crippen molar-refractivity contribution in [3.63, 3.8) is 0 Å². The highest BCUT2D eigenvalue weighted by Crippen LogP contribution is 2.27. The summed E-state index contributed by atoms with van der Waals surface area (Å²) in [6, 6.07) is 3.56. The lowest BCUT2D eigenvalue weighted by Crippen LogP contribution is -2.48. The molecule has 0 atom stereocenters. The molecule has 1 amide bonds. The van der Waals surface area contributed by atoms with Crippen LogP contribution in [-0.4, -0.2) is 37.9 Å². The Morgan fingerprint density at radius 3 is 2.92 bits per heavy atom. The molecule has 0 bridgehead atoms. The summed E-state index contributed by atoms with van der Waals surface area (Å²) >= 11 is 6.06. The molecule has 0 unspecified atom stereocenters. The van der Waals surface area contributed by atoms with Gasteiger partial charge >= 0.3 is 0 Å². The van der Waals surface area contributed by atoms with Crippen molar-refractivity contribution >= 4 is 34.4 Å². The fraction of sp³-hybridized carbons (Fsp3) is 0.333. The van der Waals surface area contributed by atoms with Gasteiger partial charge in [0.15, 0.2) is 5.82 Å². The molecule has 26 heavy (non-hydrogen) atoms. The van der Waals surface area contributed by atoms with Crippen molar-refractivity contribution in [2.75, 3.05) is 11.9 Å². The van der Waals surface area contributed by atoms with Crippen LogP contribution < -0.4 is 10.6 Å². The van der Waals surface area contributed by atoms with E-state index in [1.165, 1.54) is 0 Å². The second kappa shape index (κ2) is 7.29. The smallest absolute Gasteiger partial charge is 0.245 e. The van der Waals surface area contributed by atoms with Crippen molar-refractivity contribution in [2.45, 2.75) is 32.7 Å². The Labute approximate surface area is 156 Å². The molecule has 0 saturated heterocycles. The van der Waals surface area contributed by atoms with Crippen LogP contribution in [0.15, 0.2) is 30.7 Å². The number of hydrogen-bond acceptors (Lipinski definition) is 5. The van der Waals surface area contributed by atoms with Gasteiger partial charge in [-0.05, 0) is 32.4 Å². The highest BCUT2D eigenvalue weighted by molar-refractivity contribution is 6.31. The maximum atomic E-state index is 12.3. The van der Waals surface area contributed by atoms with Crippen LogP contribution in [0.25, 0.3) is 22.4 Å². The van der Waals surface area contributed by atoms with Crippen molar-refractivity contribution in [3.8, 4) is 11.4 Å². The zero-order valence-corrected chi connectivity index (χ0v) is 15.7. The molecule has 3 rings (SSSR count).